The number of anilines is 1. The molecule has 2 N–H and O–H groups in total. The number of hydrogen-bond donors (Lipinski definition) is 1. The van der Waals surface area contributed by atoms with E-state index in [0.29, 0.717) is 0 Å². The lowest BCUT2D eigenvalue weighted by molar-refractivity contribution is 0.277. The zero-order chi connectivity index (χ0) is 11.4. The molecule has 1 fully saturated rings. The molecule has 16 heavy (non-hydrogen) atoms. The Bertz CT molecular complexity index is 339. The summed E-state index contributed by atoms with van der Waals surface area (Å²) in [7, 11) is 0. The lowest BCUT2D eigenvalue weighted by Gasteiger charge is -2.20. The van der Waals surface area contributed by atoms with Crippen molar-refractivity contribution < 1.29 is 0 Å². The highest BCUT2D eigenvalue weighted by Crippen LogP contribution is 2.18. The minimum Gasteiger partial charge on any atom is -0.398 e. The van der Waals surface area contributed by atoms with Crippen molar-refractivity contribution in [3.8, 4) is 0 Å². The van der Waals surface area contributed by atoms with Gasteiger partial charge in [0.05, 0.1) is 0 Å². The fourth-order valence-electron chi connectivity index (χ4n) is 2.41. The van der Waals surface area contributed by atoms with Crippen LogP contribution in [0.4, 0.5) is 5.69 Å². The number of hydrogen-bond acceptors (Lipinski definition) is 2. The quantitative estimate of drug-likeness (QED) is 0.773. The fraction of sp³-hybridized carbons (Fsp3) is 0.571. The highest BCUT2D eigenvalue weighted by atomic mass is 15.1. The third-order valence-electron chi connectivity index (χ3n) is 3.39. The Morgan fingerprint density at radius 2 is 1.81 bits per heavy atom. The van der Waals surface area contributed by atoms with Gasteiger partial charge in [0.2, 0.25) is 0 Å². The maximum Gasteiger partial charge on any atom is 0.0359 e. The Balaban J connectivity index is 2.04. The van der Waals surface area contributed by atoms with Crippen LogP contribution in [-0.2, 0) is 6.54 Å². The topological polar surface area (TPSA) is 29.3 Å². The number of likely N-dealkylation sites (tertiary alicyclic amines) is 1. The van der Waals surface area contributed by atoms with Gasteiger partial charge in [0, 0.05) is 12.2 Å². The third kappa shape index (κ3) is 2.99. The Morgan fingerprint density at radius 1 is 1.12 bits per heavy atom. The molecular formula is C14H22N2. The zero-order valence-electron chi connectivity index (χ0n) is 10.2. The Labute approximate surface area is 98.4 Å². The Hall–Kier alpha value is -1.02. The van der Waals surface area contributed by atoms with Gasteiger partial charge in [-0.25, -0.2) is 0 Å². The summed E-state index contributed by atoms with van der Waals surface area (Å²) in [5, 5.41) is 0. The molecule has 0 atom stereocenters. The second-order valence-corrected chi connectivity index (χ2v) is 4.89. The molecule has 0 unspecified atom stereocenters. The number of nitrogens with zero attached hydrogens (tertiary/aromatic N) is 1. The predicted molar refractivity (Wildman–Crippen MR) is 69.3 cm³/mol. The second-order valence-electron chi connectivity index (χ2n) is 4.89. The summed E-state index contributed by atoms with van der Waals surface area (Å²) in [5.41, 5.74) is 9.56. The van der Waals surface area contributed by atoms with E-state index in [1.807, 2.05) is 6.07 Å². The van der Waals surface area contributed by atoms with Gasteiger partial charge < -0.3 is 5.73 Å². The largest absolute Gasteiger partial charge is 0.398 e. The highest BCUT2D eigenvalue weighted by Gasteiger charge is 2.10. The second kappa shape index (κ2) is 5.35. The molecule has 1 saturated heterocycles. The standard InChI is InChI=1S/C14H22N2/c1-12-6-7-14(15)13(10-12)11-16-8-4-2-3-5-9-16/h6-7,10H,2-5,8-9,11,15H2,1H3. The van der Waals surface area contributed by atoms with Gasteiger partial charge in [-0.2, -0.15) is 0 Å². The van der Waals surface area contributed by atoms with Crippen LogP contribution in [0.25, 0.3) is 0 Å². The monoisotopic (exact) mass is 218 g/mol. The average molecular weight is 218 g/mol. The maximum atomic E-state index is 6.02. The molecule has 1 aliphatic heterocycles. The molecule has 0 radical (unpaired) electrons. The molecule has 1 heterocycles. The number of rotatable bonds is 2. The number of benzene rings is 1. The van der Waals surface area contributed by atoms with Gasteiger partial charge in [0.15, 0.2) is 0 Å². The van der Waals surface area contributed by atoms with E-state index in [-0.39, 0.29) is 0 Å². The molecule has 1 aromatic carbocycles. The van der Waals surface area contributed by atoms with Crippen LogP contribution in [0.2, 0.25) is 0 Å². The van der Waals surface area contributed by atoms with E-state index in [1.54, 1.807) is 0 Å². The van der Waals surface area contributed by atoms with Gasteiger partial charge in [-0.15, -0.1) is 0 Å². The van der Waals surface area contributed by atoms with Crippen LogP contribution in [0.15, 0.2) is 18.2 Å². The molecule has 1 aliphatic rings. The van der Waals surface area contributed by atoms with Crippen molar-refractivity contribution >= 4 is 5.69 Å². The van der Waals surface area contributed by atoms with E-state index in [0.717, 1.165) is 12.2 Å². The van der Waals surface area contributed by atoms with Crippen molar-refractivity contribution in [3.63, 3.8) is 0 Å². The number of aryl methyl sites for hydroxylation is 1. The van der Waals surface area contributed by atoms with Gasteiger partial charge >= 0.3 is 0 Å². The average Bonchev–Trinajstić information content (AvgIpc) is 2.52. The molecular weight excluding hydrogens is 196 g/mol. The first-order valence-corrected chi connectivity index (χ1v) is 6.33. The van der Waals surface area contributed by atoms with Crippen LogP contribution in [-0.4, -0.2) is 18.0 Å². The SMILES string of the molecule is Cc1ccc(N)c(CN2CCCCCC2)c1. The smallest absolute Gasteiger partial charge is 0.0359 e. The van der Waals surface area contributed by atoms with Crippen molar-refractivity contribution in [2.75, 3.05) is 18.8 Å². The molecule has 0 aromatic heterocycles. The Kier molecular flexibility index (Phi) is 3.83. The summed E-state index contributed by atoms with van der Waals surface area (Å²) >= 11 is 0. The maximum absolute atomic E-state index is 6.02. The Morgan fingerprint density at radius 3 is 2.50 bits per heavy atom. The fourth-order valence-corrected chi connectivity index (χ4v) is 2.41. The van der Waals surface area contributed by atoms with Crippen molar-refractivity contribution in [3.05, 3.63) is 29.3 Å². The predicted octanol–water partition coefficient (Wildman–Crippen LogP) is 2.95. The lowest BCUT2D eigenvalue weighted by Crippen LogP contribution is -2.24. The van der Waals surface area contributed by atoms with E-state index in [9.17, 15) is 0 Å². The van der Waals surface area contributed by atoms with Crippen molar-refractivity contribution in [1.29, 1.82) is 0 Å². The van der Waals surface area contributed by atoms with Gasteiger partial charge in [-0.1, -0.05) is 30.5 Å². The summed E-state index contributed by atoms with van der Waals surface area (Å²) in [6.45, 7) is 5.61. The van der Waals surface area contributed by atoms with E-state index in [4.69, 9.17) is 5.73 Å². The zero-order valence-corrected chi connectivity index (χ0v) is 10.2. The van der Waals surface area contributed by atoms with E-state index in [1.165, 1.54) is 49.9 Å². The molecule has 2 rings (SSSR count). The van der Waals surface area contributed by atoms with Crippen molar-refractivity contribution in [2.24, 2.45) is 0 Å². The summed E-state index contributed by atoms with van der Waals surface area (Å²) in [6.07, 6.45) is 5.46. The molecule has 0 aliphatic carbocycles. The van der Waals surface area contributed by atoms with Crippen LogP contribution >= 0.6 is 0 Å². The molecule has 0 spiro atoms. The van der Waals surface area contributed by atoms with Crippen LogP contribution in [0.5, 0.6) is 0 Å². The highest BCUT2D eigenvalue weighted by molar-refractivity contribution is 5.48. The van der Waals surface area contributed by atoms with Crippen molar-refractivity contribution in [1.82, 2.24) is 4.90 Å². The normalized spacial score (nSPS) is 18.3. The molecule has 2 nitrogen and oxygen atoms in total. The van der Waals surface area contributed by atoms with Gasteiger partial charge in [0.1, 0.15) is 0 Å². The van der Waals surface area contributed by atoms with Crippen LogP contribution in [0.3, 0.4) is 0 Å². The molecule has 2 heteroatoms. The van der Waals surface area contributed by atoms with E-state index in [2.05, 4.69) is 24.0 Å². The van der Waals surface area contributed by atoms with E-state index >= 15 is 0 Å². The molecule has 0 amide bonds. The molecule has 0 bridgehead atoms. The van der Waals surface area contributed by atoms with Crippen LogP contribution in [0, 0.1) is 6.92 Å². The van der Waals surface area contributed by atoms with Crippen molar-refractivity contribution in [2.45, 2.75) is 39.2 Å². The van der Waals surface area contributed by atoms with Crippen LogP contribution in [0.1, 0.15) is 36.8 Å². The van der Waals surface area contributed by atoms with Gasteiger partial charge in [-0.3, -0.25) is 4.90 Å². The molecule has 0 saturated carbocycles. The first-order chi connectivity index (χ1) is 7.75. The molecule has 88 valence electrons. The van der Waals surface area contributed by atoms with Crippen LogP contribution < -0.4 is 5.73 Å². The number of nitrogens with two attached hydrogens (primary N) is 1. The van der Waals surface area contributed by atoms with Gasteiger partial charge in [-0.05, 0) is 44.5 Å². The first kappa shape index (κ1) is 11.5. The lowest BCUT2D eigenvalue weighted by atomic mass is 10.1. The summed E-state index contributed by atoms with van der Waals surface area (Å²) in [5.74, 6) is 0. The van der Waals surface area contributed by atoms with Gasteiger partial charge in [0.25, 0.3) is 0 Å². The first-order valence-electron chi connectivity index (χ1n) is 6.33. The minimum atomic E-state index is 0.940. The third-order valence-corrected chi connectivity index (χ3v) is 3.39. The number of nitrogen functional groups attached to an aromatic ring is 1. The summed E-state index contributed by atoms with van der Waals surface area (Å²) < 4.78 is 0. The van der Waals surface area contributed by atoms with E-state index < -0.39 is 0 Å². The summed E-state index contributed by atoms with van der Waals surface area (Å²) in [4.78, 5) is 2.54. The molecule has 1 aromatic rings. The summed E-state index contributed by atoms with van der Waals surface area (Å²) in [6, 6.07) is 6.34. The minimum absolute atomic E-state index is 0.940.